The van der Waals surface area contributed by atoms with E-state index in [1.165, 1.54) is 0 Å². The summed E-state index contributed by atoms with van der Waals surface area (Å²) in [5.41, 5.74) is -1.74. The number of carbonyl (C=O) groups excluding carboxylic acids is 4. The molecule has 34 heavy (non-hydrogen) atoms. The average Bonchev–Trinajstić information content (AvgIpc) is 3.21. The van der Waals surface area contributed by atoms with Gasteiger partial charge in [-0.15, -0.1) is 0 Å². The van der Waals surface area contributed by atoms with E-state index in [1.807, 2.05) is 6.08 Å². The van der Waals surface area contributed by atoms with Gasteiger partial charge in [0.2, 0.25) is 11.8 Å². The van der Waals surface area contributed by atoms with Gasteiger partial charge in [-0.2, -0.15) is 0 Å². The standard InChI is InChI=1S/C25H39N3O6/c1-5-33-22(31)25-16-17(25)12-9-7-6-8-10-13-18(26-23(32)34-24(2,3)4)21(30)28-15-11-14-19(28)20(29)27-25/h9,12,17-19H,5-8,10-11,13-16H2,1-4H3,(H,26,32)(H,27,29)/b12-9-/t17-,18?,19-,25+/m0/s1. The number of fused-ring (bicyclic) bond motifs is 2. The van der Waals surface area contributed by atoms with Crippen molar-refractivity contribution in [2.75, 3.05) is 13.2 Å². The molecule has 2 fully saturated rings. The van der Waals surface area contributed by atoms with Crippen LogP contribution in [-0.2, 0) is 23.9 Å². The van der Waals surface area contributed by atoms with Gasteiger partial charge >= 0.3 is 12.1 Å². The molecule has 2 N–H and O–H groups in total. The molecule has 0 aromatic rings. The van der Waals surface area contributed by atoms with Crippen LogP contribution in [0, 0.1) is 5.92 Å². The van der Waals surface area contributed by atoms with Gasteiger partial charge in [0.05, 0.1) is 6.61 Å². The van der Waals surface area contributed by atoms with E-state index >= 15 is 0 Å². The zero-order chi connectivity index (χ0) is 24.9. The Morgan fingerprint density at radius 3 is 2.65 bits per heavy atom. The van der Waals surface area contributed by atoms with Crippen LogP contribution in [0.3, 0.4) is 0 Å². The second kappa shape index (κ2) is 10.8. The first-order valence-corrected chi connectivity index (χ1v) is 12.5. The molecule has 3 rings (SSSR count). The molecular weight excluding hydrogens is 438 g/mol. The molecule has 1 unspecified atom stereocenters. The van der Waals surface area contributed by atoms with E-state index in [-0.39, 0.29) is 24.3 Å². The van der Waals surface area contributed by atoms with Gasteiger partial charge in [-0.05, 0) is 66.2 Å². The molecule has 9 nitrogen and oxygen atoms in total. The van der Waals surface area contributed by atoms with Crippen LogP contribution < -0.4 is 10.6 Å². The Hall–Kier alpha value is -2.58. The highest BCUT2D eigenvalue weighted by Gasteiger charge is 2.62. The van der Waals surface area contributed by atoms with Gasteiger partial charge in [-0.1, -0.05) is 25.0 Å². The molecule has 0 bridgehead atoms. The number of carbonyl (C=O) groups is 4. The maximum atomic E-state index is 13.5. The number of hydrogen-bond donors (Lipinski definition) is 2. The number of nitrogens with one attached hydrogen (secondary N) is 2. The molecular formula is C25H39N3O6. The van der Waals surface area contributed by atoms with Crippen molar-refractivity contribution >= 4 is 23.9 Å². The highest BCUT2D eigenvalue weighted by Crippen LogP contribution is 2.46. The zero-order valence-corrected chi connectivity index (χ0v) is 20.9. The predicted octanol–water partition coefficient (Wildman–Crippen LogP) is 2.83. The fraction of sp³-hybridized carbons (Fsp3) is 0.760. The third-order valence-corrected chi connectivity index (χ3v) is 6.56. The number of hydrogen-bond acceptors (Lipinski definition) is 6. The first-order chi connectivity index (χ1) is 16.1. The summed E-state index contributed by atoms with van der Waals surface area (Å²) in [6.45, 7) is 7.71. The van der Waals surface area contributed by atoms with Gasteiger partial charge in [-0.25, -0.2) is 9.59 Å². The number of nitrogens with zero attached hydrogens (tertiary/aromatic N) is 1. The van der Waals surface area contributed by atoms with E-state index in [4.69, 9.17) is 9.47 Å². The summed E-state index contributed by atoms with van der Waals surface area (Å²) in [5.74, 6) is -1.16. The topological polar surface area (TPSA) is 114 Å². The Kier molecular flexibility index (Phi) is 8.25. The molecule has 3 amide bonds. The highest BCUT2D eigenvalue weighted by molar-refractivity contribution is 5.96. The molecule has 4 atom stereocenters. The van der Waals surface area contributed by atoms with E-state index in [0.717, 1.165) is 25.7 Å². The van der Waals surface area contributed by atoms with Crippen molar-refractivity contribution in [3.05, 3.63) is 12.2 Å². The van der Waals surface area contributed by atoms with Crippen molar-refractivity contribution in [3.8, 4) is 0 Å². The Morgan fingerprint density at radius 1 is 1.18 bits per heavy atom. The Bertz CT molecular complexity index is 820. The van der Waals surface area contributed by atoms with Crippen LogP contribution >= 0.6 is 0 Å². The molecule has 0 aromatic heterocycles. The van der Waals surface area contributed by atoms with Gasteiger partial charge in [0.15, 0.2) is 0 Å². The molecule has 3 aliphatic rings. The number of esters is 1. The number of alkyl carbamates (subject to hydrolysis) is 1. The minimum Gasteiger partial charge on any atom is -0.464 e. The number of ether oxygens (including phenoxy) is 2. The van der Waals surface area contributed by atoms with E-state index in [1.54, 1.807) is 32.6 Å². The zero-order valence-electron chi connectivity index (χ0n) is 20.9. The second-order valence-electron chi connectivity index (χ2n) is 10.4. The van der Waals surface area contributed by atoms with Crippen LogP contribution in [0.1, 0.15) is 79.1 Å². The third kappa shape index (κ3) is 6.30. The van der Waals surface area contributed by atoms with Crippen molar-refractivity contribution in [3.63, 3.8) is 0 Å². The van der Waals surface area contributed by atoms with Crippen LogP contribution in [0.4, 0.5) is 4.79 Å². The van der Waals surface area contributed by atoms with E-state index in [9.17, 15) is 19.2 Å². The minimum absolute atomic E-state index is 0.104. The minimum atomic E-state index is -1.06. The average molecular weight is 478 g/mol. The molecule has 190 valence electrons. The van der Waals surface area contributed by atoms with Crippen molar-refractivity contribution < 1.29 is 28.7 Å². The van der Waals surface area contributed by atoms with E-state index in [2.05, 4.69) is 16.7 Å². The van der Waals surface area contributed by atoms with Crippen molar-refractivity contribution in [1.82, 2.24) is 15.5 Å². The largest absolute Gasteiger partial charge is 0.464 e. The van der Waals surface area contributed by atoms with E-state index in [0.29, 0.717) is 32.2 Å². The van der Waals surface area contributed by atoms with Gasteiger partial charge in [0, 0.05) is 12.5 Å². The molecule has 2 aliphatic heterocycles. The molecule has 1 saturated heterocycles. The summed E-state index contributed by atoms with van der Waals surface area (Å²) >= 11 is 0. The molecule has 2 heterocycles. The Labute approximate surface area is 202 Å². The predicted molar refractivity (Wildman–Crippen MR) is 126 cm³/mol. The molecule has 9 heteroatoms. The summed E-state index contributed by atoms with van der Waals surface area (Å²) < 4.78 is 10.6. The van der Waals surface area contributed by atoms with Crippen LogP contribution in [0.15, 0.2) is 12.2 Å². The van der Waals surface area contributed by atoms with Crippen molar-refractivity contribution in [1.29, 1.82) is 0 Å². The smallest absolute Gasteiger partial charge is 0.408 e. The SMILES string of the molecule is CCOC(=O)[C@@]12C[C@@H]1/C=C\CCCCCC(NC(=O)OC(C)(C)C)C(=O)N1CCC[C@H]1C(=O)N2. The number of rotatable bonds is 3. The summed E-state index contributed by atoms with van der Waals surface area (Å²) in [4.78, 5) is 53.5. The Balaban J connectivity index is 1.81. The number of allylic oxidation sites excluding steroid dienone is 1. The van der Waals surface area contributed by atoms with Crippen LogP contribution in [0.25, 0.3) is 0 Å². The molecule has 1 saturated carbocycles. The monoisotopic (exact) mass is 477 g/mol. The molecule has 0 radical (unpaired) electrons. The lowest BCUT2D eigenvalue weighted by Crippen LogP contribution is -2.56. The normalized spacial score (nSPS) is 31.2. The summed E-state index contributed by atoms with van der Waals surface area (Å²) in [7, 11) is 0. The van der Waals surface area contributed by atoms with Crippen molar-refractivity contribution in [2.45, 2.75) is 102 Å². The second-order valence-corrected chi connectivity index (χ2v) is 10.4. The summed E-state index contributed by atoms with van der Waals surface area (Å²) in [6.07, 6.45) is 9.02. The van der Waals surface area contributed by atoms with Crippen LogP contribution in [0.2, 0.25) is 0 Å². The van der Waals surface area contributed by atoms with Gasteiger partial charge in [0.1, 0.15) is 23.2 Å². The van der Waals surface area contributed by atoms with Gasteiger partial charge in [0.25, 0.3) is 0 Å². The van der Waals surface area contributed by atoms with E-state index < -0.39 is 35.3 Å². The third-order valence-electron chi connectivity index (χ3n) is 6.56. The van der Waals surface area contributed by atoms with Crippen LogP contribution in [-0.4, -0.2) is 65.2 Å². The number of amides is 3. The fourth-order valence-corrected chi connectivity index (χ4v) is 4.77. The maximum Gasteiger partial charge on any atom is 0.408 e. The lowest BCUT2D eigenvalue weighted by Gasteiger charge is -2.30. The van der Waals surface area contributed by atoms with Gasteiger partial charge < -0.3 is 25.0 Å². The summed E-state index contributed by atoms with van der Waals surface area (Å²) in [6, 6.07) is -1.45. The first kappa shape index (κ1) is 26.0. The molecule has 0 spiro atoms. The summed E-state index contributed by atoms with van der Waals surface area (Å²) in [5, 5.41) is 5.66. The van der Waals surface area contributed by atoms with Crippen molar-refractivity contribution in [2.24, 2.45) is 5.92 Å². The maximum absolute atomic E-state index is 13.5. The quantitative estimate of drug-likeness (QED) is 0.477. The first-order valence-electron chi connectivity index (χ1n) is 12.5. The van der Waals surface area contributed by atoms with Gasteiger partial charge in [-0.3, -0.25) is 9.59 Å². The lowest BCUT2D eigenvalue weighted by atomic mass is 10.0. The molecule has 1 aliphatic carbocycles. The fourth-order valence-electron chi connectivity index (χ4n) is 4.77. The lowest BCUT2D eigenvalue weighted by molar-refractivity contribution is -0.150. The molecule has 0 aromatic carbocycles. The van der Waals surface area contributed by atoms with Crippen LogP contribution in [0.5, 0.6) is 0 Å². The highest BCUT2D eigenvalue weighted by atomic mass is 16.6. The Morgan fingerprint density at radius 2 is 1.94 bits per heavy atom.